The SMILES string of the molecule is Cl.Cl.NCC1(C(=O)NCCc2cccc3cccnc23)CCCC1. The molecule has 1 aliphatic rings. The minimum atomic E-state index is -0.322. The van der Waals surface area contributed by atoms with Crippen molar-refractivity contribution < 1.29 is 4.79 Å². The molecule has 0 aliphatic heterocycles. The quantitative estimate of drug-likeness (QED) is 0.849. The van der Waals surface area contributed by atoms with Gasteiger partial charge in [0.15, 0.2) is 0 Å². The van der Waals surface area contributed by atoms with Gasteiger partial charge in [0.2, 0.25) is 5.91 Å². The van der Waals surface area contributed by atoms with Crippen molar-refractivity contribution in [1.29, 1.82) is 0 Å². The number of amides is 1. The Hall–Kier alpha value is -1.36. The van der Waals surface area contributed by atoms with E-state index in [1.54, 1.807) is 0 Å². The molecule has 1 saturated carbocycles. The highest BCUT2D eigenvalue weighted by atomic mass is 35.5. The summed E-state index contributed by atoms with van der Waals surface area (Å²) >= 11 is 0. The molecule has 0 radical (unpaired) electrons. The van der Waals surface area contributed by atoms with Crippen molar-refractivity contribution in [2.75, 3.05) is 13.1 Å². The van der Waals surface area contributed by atoms with Gasteiger partial charge in [-0.05, 0) is 30.9 Å². The van der Waals surface area contributed by atoms with Gasteiger partial charge in [0.05, 0.1) is 10.9 Å². The number of rotatable bonds is 5. The zero-order valence-electron chi connectivity index (χ0n) is 13.7. The molecule has 1 fully saturated rings. The molecule has 1 aromatic carbocycles. The van der Waals surface area contributed by atoms with E-state index in [0.717, 1.165) is 43.0 Å². The summed E-state index contributed by atoms with van der Waals surface area (Å²) in [6, 6.07) is 10.2. The fourth-order valence-electron chi connectivity index (χ4n) is 3.44. The first-order valence-electron chi connectivity index (χ1n) is 8.06. The molecule has 4 nitrogen and oxygen atoms in total. The maximum Gasteiger partial charge on any atom is 0.227 e. The number of nitrogens with zero attached hydrogens (tertiary/aromatic N) is 1. The molecule has 1 aromatic heterocycles. The van der Waals surface area contributed by atoms with Gasteiger partial charge in [0.1, 0.15) is 0 Å². The molecule has 1 amide bonds. The van der Waals surface area contributed by atoms with Crippen molar-refractivity contribution in [3.05, 3.63) is 42.1 Å². The van der Waals surface area contributed by atoms with Gasteiger partial charge in [0.25, 0.3) is 0 Å². The Labute approximate surface area is 155 Å². The highest BCUT2D eigenvalue weighted by molar-refractivity contribution is 5.86. The van der Waals surface area contributed by atoms with E-state index in [4.69, 9.17) is 5.73 Å². The van der Waals surface area contributed by atoms with E-state index >= 15 is 0 Å². The lowest BCUT2D eigenvalue weighted by Gasteiger charge is -2.25. The molecule has 132 valence electrons. The van der Waals surface area contributed by atoms with Crippen molar-refractivity contribution in [3.8, 4) is 0 Å². The van der Waals surface area contributed by atoms with Crippen LogP contribution >= 0.6 is 24.8 Å². The third kappa shape index (κ3) is 4.18. The summed E-state index contributed by atoms with van der Waals surface area (Å²) in [5.41, 5.74) is 7.73. The Kier molecular flexibility index (Phi) is 7.94. The predicted octanol–water partition coefficient (Wildman–Crippen LogP) is 3.26. The standard InChI is InChI=1S/C18H23N3O.2ClH/c19-13-18(9-1-2-10-18)17(22)21-12-8-15-6-3-5-14-7-4-11-20-16(14)15;;/h3-7,11H,1-2,8-10,12-13,19H2,(H,21,22);2*1H. The lowest BCUT2D eigenvalue weighted by molar-refractivity contribution is -0.130. The summed E-state index contributed by atoms with van der Waals surface area (Å²) in [6.07, 6.45) is 6.67. The second-order valence-electron chi connectivity index (χ2n) is 6.19. The van der Waals surface area contributed by atoms with Crippen molar-refractivity contribution in [3.63, 3.8) is 0 Å². The van der Waals surface area contributed by atoms with Crippen LogP contribution in [0.2, 0.25) is 0 Å². The van der Waals surface area contributed by atoms with Crippen LogP contribution in [0.3, 0.4) is 0 Å². The average molecular weight is 370 g/mol. The van der Waals surface area contributed by atoms with Gasteiger partial charge in [-0.1, -0.05) is 37.1 Å². The zero-order valence-corrected chi connectivity index (χ0v) is 15.3. The number of benzene rings is 1. The normalized spacial score (nSPS) is 15.4. The van der Waals surface area contributed by atoms with Crippen LogP contribution in [-0.2, 0) is 11.2 Å². The maximum absolute atomic E-state index is 12.4. The first kappa shape index (κ1) is 20.7. The number of carbonyl (C=O) groups excluding carboxylic acids is 1. The van der Waals surface area contributed by atoms with Gasteiger partial charge >= 0.3 is 0 Å². The Morgan fingerprint density at radius 1 is 1.17 bits per heavy atom. The van der Waals surface area contributed by atoms with Gasteiger partial charge in [-0.15, -0.1) is 24.8 Å². The lowest BCUT2D eigenvalue weighted by Crippen LogP contribution is -2.44. The monoisotopic (exact) mass is 369 g/mol. The summed E-state index contributed by atoms with van der Waals surface area (Å²) < 4.78 is 0. The molecular weight excluding hydrogens is 345 g/mol. The molecule has 24 heavy (non-hydrogen) atoms. The Bertz CT molecular complexity index is 667. The van der Waals surface area contributed by atoms with Crippen LogP contribution in [-0.4, -0.2) is 24.0 Å². The molecule has 0 saturated heterocycles. The number of halogens is 2. The lowest BCUT2D eigenvalue weighted by atomic mass is 9.85. The number of carbonyl (C=O) groups is 1. The fraction of sp³-hybridized carbons (Fsp3) is 0.444. The summed E-state index contributed by atoms with van der Waals surface area (Å²) in [5, 5.41) is 4.22. The number of hydrogen-bond donors (Lipinski definition) is 2. The summed E-state index contributed by atoms with van der Waals surface area (Å²) in [6.45, 7) is 1.09. The Balaban J connectivity index is 0.00000144. The topological polar surface area (TPSA) is 68.0 Å². The summed E-state index contributed by atoms with van der Waals surface area (Å²) in [5.74, 6) is 0.126. The molecular formula is C18H25Cl2N3O. The molecule has 3 rings (SSSR count). The van der Waals surface area contributed by atoms with Gasteiger partial charge < -0.3 is 11.1 Å². The number of nitrogens with two attached hydrogens (primary N) is 1. The first-order chi connectivity index (χ1) is 10.7. The average Bonchev–Trinajstić information content (AvgIpc) is 3.05. The largest absolute Gasteiger partial charge is 0.355 e. The van der Waals surface area contributed by atoms with Crippen molar-refractivity contribution in [2.24, 2.45) is 11.1 Å². The smallest absolute Gasteiger partial charge is 0.227 e. The van der Waals surface area contributed by atoms with Crippen LogP contribution in [0.15, 0.2) is 36.5 Å². The number of pyridine rings is 1. The number of aromatic nitrogens is 1. The number of fused-ring (bicyclic) bond motifs is 1. The van der Waals surface area contributed by atoms with E-state index in [9.17, 15) is 4.79 Å². The molecule has 0 unspecified atom stereocenters. The van der Waals surface area contributed by atoms with E-state index in [1.807, 2.05) is 18.3 Å². The van der Waals surface area contributed by atoms with Crippen molar-refractivity contribution in [2.45, 2.75) is 32.1 Å². The van der Waals surface area contributed by atoms with Gasteiger partial charge in [-0.3, -0.25) is 9.78 Å². The second kappa shape index (κ2) is 9.21. The van der Waals surface area contributed by atoms with Gasteiger partial charge in [-0.25, -0.2) is 0 Å². The minimum absolute atomic E-state index is 0. The van der Waals surface area contributed by atoms with Crippen LogP contribution in [0.25, 0.3) is 10.9 Å². The van der Waals surface area contributed by atoms with Crippen LogP contribution in [0.1, 0.15) is 31.2 Å². The molecule has 6 heteroatoms. The first-order valence-corrected chi connectivity index (χ1v) is 8.06. The third-order valence-electron chi connectivity index (χ3n) is 4.83. The molecule has 0 spiro atoms. The van der Waals surface area contributed by atoms with E-state index in [-0.39, 0.29) is 36.1 Å². The summed E-state index contributed by atoms with van der Waals surface area (Å²) in [7, 11) is 0. The molecule has 0 bridgehead atoms. The molecule has 3 N–H and O–H groups in total. The van der Waals surface area contributed by atoms with Crippen LogP contribution in [0.5, 0.6) is 0 Å². The molecule has 1 heterocycles. The van der Waals surface area contributed by atoms with E-state index in [1.165, 1.54) is 5.56 Å². The van der Waals surface area contributed by atoms with Crippen molar-refractivity contribution >= 4 is 41.6 Å². The Morgan fingerprint density at radius 3 is 2.58 bits per heavy atom. The van der Waals surface area contributed by atoms with Crippen LogP contribution in [0.4, 0.5) is 0 Å². The number of para-hydroxylation sites is 1. The van der Waals surface area contributed by atoms with E-state index < -0.39 is 0 Å². The zero-order chi connectivity index (χ0) is 15.4. The number of nitrogens with one attached hydrogen (secondary N) is 1. The van der Waals surface area contributed by atoms with Crippen LogP contribution in [0, 0.1) is 5.41 Å². The Morgan fingerprint density at radius 2 is 1.88 bits per heavy atom. The van der Waals surface area contributed by atoms with Crippen LogP contribution < -0.4 is 11.1 Å². The molecule has 1 aliphatic carbocycles. The summed E-state index contributed by atoms with van der Waals surface area (Å²) in [4.78, 5) is 16.9. The molecule has 0 atom stereocenters. The van der Waals surface area contributed by atoms with Gasteiger partial charge in [0, 0.05) is 24.7 Å². The van der Waals surface area contributed by atoms with Gasteiger partial charge in [-0.2, -0.15) is 0 Å². The number of hydrogen-bond acceptors (Lipinski definition) is 3. The fourth-order valence-corrected chi connectivity index (χ4v) is 3.44. The van der Waals surface area contributed by atoms with E-state index in [2.05, 4.69) is 28.5 Å². The predicted molar refractivity (Wildman–Crippen MR) is 103 cm³/mol. The highest BCUT2D eigenvalue weighted by Crippen LogP contribution is 2.37. The molecule has 2 aromatic rings. The minimum Gasteiger partial charge on any atom is -0.355 e. The highest BCUT2D eigenvalue weighted by Gasteiger charge is 2.39. The van der Waals surface area contributed by atoms with E-state index in [0.29, 0.717) is 13.1 Å². The van der Waals surface area contributed by atoms with Crippen molar-refractivity contribution in [1.82, 2.24) is 10.3 Å². The maximum atomic E-state index is 12.4. The third-order valence-corrected chi connectivity index (χ3v) is 4.83. The second-order valence-corrected chi connectivity index (χ2v) is 6.19.